The van der Waals surface area contributed by atoms with Crippen molar-refractivity contribution in [1.29, 1.82) is 0 Å². The molecule has 34 heavy (non-hydrogen) atoms. The molecule has 0 heterocycles. The van der Waals surface area contributed by atoms with E-state index in [-0.39, 0.29) is 41.2 Å². The van der Waals surface area contributed by atoms with Crippen molar-refractivity contribution in [3.8, 4) is 5.75 Å². The van der Waals surface area contributed by atoms with Crippen molar-refractivity contribution in [3.05, 3.63) is 58.1 Å². The summed E-state index contributed by atoms with van der Waals surface area (Å²) in [6.07, 6.45) is 0. The molecule has 0 bridgehead atoms. The Morgan fingerprint density at radius 2 is 1.65 bits per heavy atom. The number of amides is 2. The minimum Gasteiger partial charge on any atom is -0.491 e. The molecule has 0 saturated carbocycles. The highest BCUT2D eigenvalue weighted by Crippen LogP contribution is 2.22. The van der Waals surface area contributed by atoms with Crippen molar-refractivity contribution in [3.63, 3.8) is 0 Å². The maximum Gasteiger partial charge on any atom is 0.492 e. The third-order valence-electron chi connectivity index (χ3n) is 5.08. The molecule has 2 rings (SSSR count). The Bertz CT molecular complexity index is 1010. The maximum atomic E-state index is 13.4. The van der Waals surface area contributed by atoms with Gasteiger partial charge in [0.15, 0.2) is 0 Å². The Morgan fingerprint density at radius 1 is 1.03 bits per heavy atom. The van der Waals surface area contributed by atoms with Gasteiger partial charge in [-0.2, -0.15) is 0 Å². The Hall–Kier alpha value is -2.88. The van der Waals surface area contributed by atoms with Gasteiger partial charge in [-0.05, 0) is 44.4 Å². The molecular weight excluding hydrogens is 435 g/mol. The molecule has 184 valence electrons. The van der Waals surface area contributed by atoms with E-state index in [4.69, 9.17) is 9.47 Å². The van der Waals surface area contributed by atoms with E-state index in [1.54, 1.807) is 19.1 Å². The molecule has 8 nitrogen and oxygen atoms in total. The third-order valence-corrected chi connectivity index (χ3v) is 5.08. The highest BCUT2D eigenvalue weighted by Gasteiger charge is 2.27. The van der Waals surface area contributed by atoms with Gasteiger partial charge in [0, 0.05) is 35.8 Å². The summed E-state index contributed by atoms with van der Waals surface area (Å²) in [5.41, 5.74) is 5.69. The first-order chi connectivity index (χ1) is 15.8. The lowest BCUT2D eigenvalue weighted by molar-refractivity contribution is 0.0508. The van der Waals surface area contributed by atoms with Crippen LogP contribution < -0.4 is 15.6 Å². The second kappa shape index (κ2) is 11.5. The molecule has 0 spiro atoms. The number of hydrogen-bond acceptors (Lipinski definition) is 6. The molecule has 2 amide bonds. The lowest BCUT2D eigenvalue weighted by Crippen LogP contribution is -2.50. The molecule has 0 aliphatic heterocycles. The van der Waals surface area contributed by atoms with Gasteiger partial charge in [-0.15, -0.1) is 0 Å². The highest BCUT2D eigenvalue weighted by atomic mass is 16.5. The summed E-state index contributed by atoms with van der Waals surface area (Å²) in [4.78, 5) is 26.7. The van der Waals surface area contributed by atoms with Gasteiger partial charge < -0.3 is 19.5 Å². The Morgan fingerprint density at radius 3 is 2.18 bits per heavy atom. The summed E-state index contributed by atoms with van der Waals surface area (Å²) in [5.74, 6) is -0.621. The number of carbonyl (C=O) groups is 2. The van der Waals surface area contributed by atoms with Crippen molar-refractivity contribution < 1.29 is 29.1 Å². The number of rotatable bonds is 8. The van der Waals surface area contributed by atoms with Gasteiger partial charge in [0.05, 0.1) is 6.61 Å². The van der Waals surface area contributed by atoms with Crippen molar-refractivity contribution in [2.45, 2.75) is 41.5 Å². The predicted octanol–water partition coefficient (Wildman–Crippen LogP) is 2.15. The average molecular weight is 470 g/mol. The van der Waals surface area contributed by atoms with E-state index in [0.29, 0.717) is 17.7 Å². The van der Waals surface area contributed by atoms with Crippen LogP contribution in [0.2, 0.25) is 0 Å². The molecule has 0 atom stereocenters. The summed E-state index contributed by atoms with van der Waals surface area (Å²) in [6, 6.07) is 8.48. The highest BCUT2D eigenvalue weighted by molar-refractivity contribution is 6.59. The first kappa shape index (κ1) is 27.4. The molecule has 0 aliphatic carbocycles. The van der Waals surface area contributed by atoms with Gasteiger partial charge in [-0.1, -0.05) is 44.0 Å². The second-order valence-corrected chi connectivity index (χ2v) is 9.64. The topological polar surface area (TPSA) is 108 Å². The molecule has 0 unspecified atom stereocenters. The zero-order chi connectivity index (χ0) is 25.6. The lowest BCUT2D eigenvalue weighted by atomic mass is 9.78. The molecule has 0 fully saturated rings. The molecule has 3 N–H and O–H groups in total. The molecule has 0 aromatic heterocycles. The van der Waals surface area contributed by atoms with Gasteiger partial charge in [-0.25, -0.2) is 5.01 Å². The number of ether oxygens (including phenoxy) is 2. The van der Waals surface area contributed by atoms with Crippen LogP contribution in [0.15, 0.2) is 30.3 Å². The first-order valence-electron chi connectivity index (χ1n) is 11.2. The van der Waals surface area contributed by atoms with Crippen molar-refractivity contribution in [2.75, 3.05) is 26.9 Å². The summed E-state index contributed by atoms with van der Waals surface area (Å²) in [6.45, 7) is 12.2. The molecule has 0 aliphatic rings. The number of methoxy groups -OCH3 is 1. The van der Waals surface area contributed by atoms with Crippen molar-refractivity contribution in [2.24, 2.45) is 5.41 Å². The monoisotopic (exact) mass is 470 g/mol. The van der Waals surface area contributed by atoms with E-state index in [1.807, 2.05) is 40.7 Å². The number of hydrogen-bond donors (Lipinski definition) is 3. The molecule has 9 heteroatoms. The van der Waals surface area contributed by atoms with Gasteiger partial charge in [-0.3, -0.25) is 15.0 Å². The number of benzene rings is 2. The SMILES string of the molecule is COCCOc1c(B(O)O)ccc(C(=O)NN(CC(C)(C)C)C(=O)c2cc(C)cc(C)c2)c1C. The zero-order valence-electron chi connectivity index (χ0n) is 21.1. The minimum absolute atomic E-state index is 0.142. The summed E-state index contributed by atoms with van der Waals surface area (Å²) in [7, 11) is -0.241. The van der Waals surface area contributed by atoms with E-state index in [9.17, 15) is 19.6 Å². The van der Waals surface area contributed by atoms with Gasteiger partial charge in [0.25, 0.3) is 11.8 Å². The van der Waals surface area contributed by atoms with E-state index in [2.05, 4.69) is 5.43 Å². The van der Waals surface area contributed by atoms with Crippen LogP contribution >= 0.6 is 0 Å². The van der Waals surface area contributed by atoms with Gasteiger partial charge >= 0.3 is 7.12 Å². The number of nitrogens with zero attached hydrogens (tertiary/aromatic N) is 1. The predicted molar refractivity (Wildman–Crippen MR) is 132 cm³/mol. The third kappa shape index (κ3) is 7.31. The lowest BCUT2D eigenvalue weighted by Gasteiger charge is -2.30. The fraction of sp³-hybridized carbons (Fsp3) is 0.440. The van der Waals surface area contributed by atoms with Crippen LogP contribution in [0.25, 0.3) is 0 Å². The second-order valence-electron chi connectivity index (χ2n) is 9.64. The maximum absolute atomic E-state index is 13.4. The fourth-order valence-corrected chi connectivity index (χ4v) is 3.65. The molecule has 0 saturated heterocycles. The Kier molecular flexibility index (Phi) is 9.26. The van der Waals surface area contributed by atoms with Crippen LogP contribution in [0.1, 0.15) is 58.2 Å². The largest absolute Gasteiger partial charge is 0.492 e. The summed E-state index contributed by atoms with van der Waals surface area (Å²) < 4.78 is 10.7. The van der Waals surface area contributed by atoms with E-state index >= 15 is 0 Å². The molecular formula is C25H35BN2O6. The number of aryl methyl sites for hydroxylation is 2. The molecule has 2 aromatic rings. The minimum atomic E-state index is -1.77. The fourth-order valence-electron chi connectivity index (χ4n) is 3.65. The number of carbonyl (C=O) groups excluding carboxylic acids is 2. The Labute approximate surface area is 202 Å². The normalized spacial score (nSPS) is 11.2. The summed E-state index contributed by atoms with van der Waals surface area (Å²) >= 11 is 0. The summed E-state index contributed by atoms with van der Waals surface area (Å²) in [5, 5.41) is 20.8. The Balaban J connectivity index is 2.41. The molecule has 0 radical (unpaired) electrons. The average Bonchev–Trinajstić information content (AvgIpc) is 2.71. The van der Waals surface area contributed by atoms with Crippen molar-refractivity contribution >= 4 is 24.4 Å². The van der Waals surface area contributed by atoms with Crippen LogP contribution in [0.4, 0.5) is 0 Å². The van der Waals surface area contributed by atoms with E-state index in [0.717, 1.165) is 11.1 Å². The van der Waals surface area contributed by atoms with E-state index in [1.165, 1.54) is 24.3 Å². The zero-order valence-corrected chi connectivity index (χ0v) is 21.1. The van der Waals surface area contributed by atoms with Crippen molar-refractivity contribution in [1.82, 2.24) is 10.4 Å². The smallest absolute Gasteiger partial charge is 0.491 e. The van der Waals surface area contributed by atoms with Crippen LogP contribution in [0.5, 0.6) is 5.75 Å². The number of hydrazine groups is 1. The van der Waals surface area contributed by atoms with Gasteiger partial charge in [0.2, 0.25) is 0 Å². The van der Waals surface area contributed by atoms with E-state index < -0.39 is 13.0 Å². The van der Waals surface area contributed by atoms with Crippen LogP contribution in [-0.4, -0.2) is 60.9 Å². The van der Waals surface area contributed by atoms with Crippen LogP contribution in [0, 0.1) is 26.2 Å². The standard InChI is InChI=1S/C25H35BN2O6/c1-16-12-17(2)14-19(13-16)24(30)28(15-25(4,5)6)27-23(29)20-8-9-21(26(31)32)22(18(20)3)34-11-10-33-7/h8-9,12-14,31-32H,10-11,15H2,1-7H3,(H,27,29). The number of nitrogens with one attached hydrogen (secondary N) is 1. The first-order valence-corrected chi connectivity index (χ1v) is 11.2. The van der Waals surface area contributed by atoms with Crippen LogP contribution in [0.3, 0.4) is 0 Å². The van der Waals surface area contributed by atoms with Gasteiger partial charge in [0.1, 0.15) is 12.4 Å². The quantitative estimate of drug-likeness (QED) is 0.310. The molecule has 2 aromatic carbocycles. The van der Waals surface area contributed by atoms with Crippen LogP contribution in [-0.2, 0) is 4.74 Å².